The average Bonchev–Trinajstić information content (AvgIpc) is 3.40. The number of hydrogen-bond donors (Lipinski definition) is 3. The summed E-state index contributed by atoms with van der Waals surface area (Å²) >= 11 is 0. The van der Waals surface area contributed by atoms with Crippen LogP contribution in [-0.2, 0) is 4.74 Å². The lowest BCUT2D eigenvalue weighted by Crippen LogP contribution is -2.39. The number of H-pyrrole nitrogens is 2. The molecular weight excluding hydrogens is 404 g/mol. The molecule has 4 heterocycles. The van der Waals surface area contributed by atoms with Gasteiger partial charge in [0.05, 0.1) is 23.0 Å². The average molecular weight is 431 g/mol. The van der Waals surface area contributed by atoms with Gasteiger partial charge in [0.2, 0.25) is 0 Å². The minimum absolute atomic E-state index is 0.271. The van der Waals surface area contributed by atoms with E-state index in [-0.39, 0.29) is 6.09 Å². The third-order valence-electron chi connectivity index (χ3n) is 5.44. The second-order valence-electron chi connectivity index (χ2n) is 8.97. The van der Waals surface area contributed by atoms with Gasteiger partial charge in [-0.3, -0.25) is 0 Å². The van der Waals surface area contributed by atoms with Crippen LogP contribution in [0.1, 0.15) is 32.9 Å². The van der Waals surface area contributed by atoms with Crippen molar-refractivity contribution in [3.8, 4) is 0 Å². The first kappa shape index (κ1) is 20.1. The molecule has 0 fully saturated rings. The lowest BCUT2D eigenvalue weighted by Gasteiger charge is -2.29. The summed E-state index contributed by atoms with van der Waals surface area (Å²) < 4.78 is 5.49. The Kier molecular flexibility index (Phi) is 4.84. The fourth-order valence-electron chi connectivity index (χ4n) is 3.88. The molecule has 0 saturated heterocycles. The van der Waals surface area contributed by atoms with E-state index in [4.69, 9.17) is 4.74 Å². The first-order chi connectivity index (χ1) is 15.4. The number of fused-ring (bicyclic) bond motifs is 2. The maximum absolute atomic E-state index is 12.3. The molecule has 1 aliphatic rings. The molecule has 0 atom stereocenters. The molecule has 8 heteroatoms. The van der Waals surface area contributed by atoms with Gasteiger partial charge in [0.15, 0.2) is 0 Å². The summed E-state index contributed by atoms with van der Waals surface area (Å²) in [5, 5.41) is 4.51. The number of imidazole rings is 1. The summed E-state index contributed by atoms with van der Waals surface area (Å²) in [5.74, 6) is 0. The van der Waals surface area contributed by atoms with Crippen LogP contribution >= 0.6 is 0 Å². The number of anilines is 2. The van der Waals surface area contributed by atoms with Crippen molar-refractivity contribution in [3.63, 3.8) is 0 Å². The topological polar surface area (TPSA) is 98.9 Å². The van der Waals surface area contributed by atoms with Crippen LogP contribution in [0.5, 0.6) is 0 Å². The van der Waals surface area contributed by atoms with E-state index in [1.54, 1.807) is 17.4 Å². The van der Waals surface area contributed by atoms with Crippen molar-refractivity contribution < 1.29 is 9.53 Å². The number of ether oxygens (including phenoxy) is 1. The van der Waals surface area contributed by atoms with Crippen molar-refractivity contribution in [1.82, 2.24) is 24.8 Å². The molecule has 3 aromatic heterocycles. The third-order valence-corrected chi connectivity index (χ3v) is 5.44. The summed E-state index contributed by atoms with van der Waals surface area (Å²) in [5.41, 5.74) is 6.39. The molecule has 1 aromatic carbocycles. The number of aromatic amines is 2. The Labute approximate surface area is 185 Å². The predicted molar refractivity (Wildman–Crippen MR) is 126 cm³/mol. The van der Waals surface area contributed by atoms with Crippen molar-refractivity contribution in [2.75, 3.05) is 18.4 Å². The third kappa shape index (κ3) is 4.03. The Hall–Kier alpha value is -3.81. The highest BCUT2D eigenvalue weighted by atomic mass is 16.6. The molecule has 0 spiro atoms. The zero-order chi connectivity index (χ0) is 22.3. The normalized spacial score (nSPS) is 14.6. The molecule has 1 amide bonds. The van der Waals surface area contributed by atoms with Gasteiger partial charge in [0.1, 0.15) is 11.2 Å². The van der Waals surface area contributed by atoms with E-state index >= 15 is 0 Å². The summed E-state index contributed by atoms with van der Waals surface area (Å²) in [6, 6.07) is 10.1. The Morgan fingerprint density at radius 1 is 1.19 bits per heavy atom. The quantitative estimate of drug-likeness (QED) is 0.415. The molecule has 0 radical (unpaired) electrons. The highest BCUT2D eigenvalue weighted by Crippen LogP contribution is 2.31. The number of amides is 1. The highest BCUT2D eigenvalue weighted by Gasteiger charge is 2.24. The summed E-state index contributed by atoms with van der Waals surface area (Å²) in [7, 11) is 0. The van der Waals surface area contributed by atoms with E-state index in [2.05, 4.69) is 37.4 Å². The van der Waals surface area contributed by atoms with E-state index in [0.29, 0.717) is 13.1 Å². The van der Waals surface area contributed by atoms with Gasteiger partial charge in [-0.2, -0.15) is 0 Å². The highest BCUT2D eigenvalue weighted by molar-refractivity contribution is 5.94. The maximum Gasteiger partial charge on any atom is 0.410 e. The van der Waals surface area contributed by atoms with E-state index in [1.807, 2.05) is 45.0 Å². The number of aromatic nitrogens is 4. The fourth-order valence-corrected chi connectivity index (χ4v) is 3.88. The molecule has 0 bridgehead atoms. The first-order valence-corrected chi connectivity index (χ1v) is 10.7. The van der Waals surface area contributed by atoms with Crippen LogP contribution in [0.2, 0.25) is 0 Å². The second kappa shape index (κ2) is 7.71. The SMILES string of the molecule is CC(C)(C)OC(=O)N1CC=C(c2cc3c(Nc4ccc5nc[nH]c5c4)ccnc3[nH]2)CC1. The van der Waals surface area contributed by atoms with Gasteiger partial charge in [-0.1, -0.05) is 6.08 Å². The van der Waals surface area contributed by atoms with Crippen LogP contribution in [-0.4, -0.2) is 49.6 Å². The van der Waals surface area contributed by atoms with Crippen molar-refractivity contribution in [2.24, 2.45) is 0 Å². The standard InChI is InChI=1S/C24H26N6O2/c1-24(2,3)32-23(31)30-10-7-15(8-11-30)20-13-17-18(6-9-25-22(17)29-20)28-16-4-5-19-21(12-16)27-14-26-19/h4-7,9,12-14H,8,10-11H2,1-3H3,(H,26,27)(H2,25,28,29). The molecule has 0 saturated carbocycles. The molecule has 164 valence electrons. The van der Waals surface area contributed by atoms with Crippen molar-refractivity contribution in [3.05, 3.63) is 54.6 Å². The number of carbonyl (C=O) groups excluding carboxylic acids is 1. The first-order valence-electron chi connectivity index (χ1n) is 10.7. The van der Waals surface area contributed by atoms with Gasteiger partial charge >= 0.3 is 6.09 Å². The maximum atomic E-state index is 12.3. The smallest absolute Gasteiger partial charge is 0.410 e. The zero-order valence-corrected chi connectivity index (χ0v) is 18.4. The van der Waals surface area contributed by atoms with Gasteiger partial charge in [-0.25, -0.2) is 14.8 Å². The van der Waals surface area contributed by atoms with E-state index in [0.717, 1.165) is 45.6 Å². The number of carbonyl (C=O) groups is 1. The molecule has 0 unspecified atom stereocenters. The molecular formula is C24H26N6O2. The predicted octanol–water partition coefficient (Wildman–Crippen LogP) is 5.21. The molecule has 0 aliphatic carbocycles. The Balaban J connectivity index is 1.37. The number of rotatable bonds is 3. The van der Waals surface area contributed by atoms with Crippen LogP contribution in [0.3, 0.4) is 0 Å². The van der Waals surface area contributed by atoms with Crippen molar-refractivity contribution >= 4 is 45.1 Å². The number of benzene rings is 1. The monoisotopic (exact) mass is 430 g/mol. The van der Waals surface area contributed by atoms with Gasteiger partial charge in [-0.15, -0.1) is 0 Å². The van der Waals surface area contributed by atoms with Crippen LogP contribution < -0.4 is 5.32 Å². The molecule has 5 rings (SSSR count). The molecule has 8 nitrogen and oxygen atoms in total. The van der Waals surface area contributed by atoms with Gasteiger partial charge in [-0.05, 0) is 63.1 Å². The van der Waals surface area contributed by atoms with Crippen molar-refractivity contribution in [1.29, 1.82) is 0 Å². The second-order valence-corrected chi connectivity index (χ2v) is 8.97. The Morgan fingerprint density at radius 2 is 2.06 bits per heavy atom. The van der Waals surface area contributed by atoms with Crippen LogP contribution in [0, 0.1) is 0 Å². The number of pyridine rings is 1. The van der Waals surface area contributed by atoms with E-state index in [1.165, 1.54) is 5.57 Å². The lowest BCUT2D eigenvalue weighted by molar-refractivity contribution is 0.0270. The minimum atomic E-state index is -0.491. The largest absolute Gasteiger partial charge is 0.444 e. The van der Waals surface area contributed by atoms with E-state index in [9.17, 15) is 4.79 Å². The summed E-state index contributed by atoms with van der Waals surface area (Å²) in [6.07, 6.45) is 6.05. The molecule has 32 heavy (non-hydrogen) atoms. The fraction of sp³-hybridized carbons (Fsp3) is 0.292. The molecule has 1 aliphatic heterocycles. The lowest BCUT2D eigenvalue weighted by atomic mass is 10.0. The summed E-state index contributed by atoms with van der Waals surface area (Å²) in [6.45, 7) is 6.80. The number of nitrogens with one attached hydrogen (secondary N) is 3. The van der Waals surface area contributed by atoms with Gasteiger partial charge in [0, 0.05) is 36.1 Å². The minimum Gasteiger partial charge on any atom is -0.444 e. The molecule has 3 N–H and O–H groups in total. The van der Waals surface area contributed by atoms with Gasteiger partial charge < -0.3 is 24.9 Å². The Bertz CT molecular complexity index is 1330. The van der Waals surface area contributed by atoms with E-state index < -0.39 is 5.60 Å². The van der Waals surface area contributed by atoms with Gasteiger partial charge in [0.25, 0.3) is 0 Å². The van der Waals surface area contributed by atoms with Crippen LogP contribution in [0.4, 0.5) is 16.2 Å². The summed E-state index contributed by atoms with van der Waals surface area (Å²) in [4.78, 5) is 29.4. The van der Waals surface area contributed by atoms with Crippen LogP contribution in [0.15, 0.2) is 48.9 Å². The van der Waals surface area contributed by atoms with Crippen molar-refractivity contribution in [2.45, 2.75) is 32.8 Å². The number of hydrogen-bond acceptors (Lipinski definition) is 5. The Morgan fingerprint density at radius 3 is 2.84 bits per heavy atom. The zero-order valence-electron chi connectivity index (χ0n) is 18.4. The van der Waals surface area contributed by atoms with Crippen LogP contribution in [0.25, 0.3) is 27.6 Å². The molecule has 4 aromatic rings. The number of nitrogens with zero attached hydrogens (tertiary/aromatic N) is 3.